The van der Waals surface area contributed by atoms with Gasteiger partial charge in [0.05, 0.1) is 5.69 Å². The molecule has 1 heterocycles. The third-order valence-electron chi connectivity index (χ3n) is 1.86. The third-order valence-corrected chi connectivity index (χ3v) is 1.86. The van der Waals surface area contributed by atoms with Crippen LogP contribution in [0.4, 0.5) is 8.78 Å². The molecule has 72 valence electrons. The largest absolute Gasteiger partial charge is 0.272 e. The first-order chi connectivity index (χ1) is 5.93. The van der Waals surface area contributed by atoms with Crippen molar-refractivity contribution in [2.45, 2.75) is 32.6 Å². The number of hydrogen-bond donors (Lipinski definition) is 0. The number of pyridine rings is 1. The summed E-state index contributed by atoms with van der Waals surface area (Å²) in [5.41, 5.74) is 0.514. The van der Waals surface area contributed by atoms with Crippen molar-refractivity contribution in [1.82, 2.24) is 4.98 Å². The predicted molar refractivity (Wildman–Crippen MR) is 47.9 cm³/mol. The van der Waals surface area contributed by atoms with Crippen molar-refractivity contribution in [3.63, 3.8) is 0 Å². The lowest BCUT2D eigenvalue weighted by atomic mass is 10.00. The van der Waals surface area contributed by atoms with E-state index in [9.17, 15) is 8.78 Å². The quantitative estimate of drug-likeness (QED) is 0.688. The molecule has 0 aromatic carbocycles. The Hall–Kier alpha value is -0.990. The van der Waals surface area contributed by atoms with Crippen molar-refractivity contribution < 1.29 is 8.78 Å². The first-order valence-electron chi connectivity index (χ1n) is 4.26. The molecule has 0 aliphatic heterocycles. The number of nitrogens with zero attached hydrogens (tertiary/aromatic N) is 1. The highest BCUT2D eigenvalue weighted by molar-refractivity contribution is 5.26. The number of alkyl halides is 2. The van der Waals surface area contributed by atoms with E-state index in [0.717, 1.165) is 6.92 Å². The lowest BCUT2D eigenvalue weighted by molar-refractivity contribution is 0.0158. The molecule has 0 saturated heterocycles. The summed E-state index contributed by atoms with van der Waals surface area (Å²) < 4.78 is 26.1. The lowest BCUT2D eigenvalue weighted by Crippen LogP contribution is -2.12. The van der Waals surface area contributed by atoms with Crippen molar-refractivity contribution in [2.24, 2.45) is 0 Å². The van der Waals surface area contributed by atoms with Crippen LogP contribution in [0.2, 0.25) is 0 Å². The highest BCUT2D eigenvalue weighted by Gasteiger charge is 2.28. The number of hydrogen-bond acceptors (Lipinski definition) is 1. The van der Waals surface area contributed by atoms with Gasteiger partial charge in [-0.2, -0.15) is 0 Å². The van der Waals surface area contributed by atoms with Gasteiger partial charge in [-0.3, -0.25) is 4.98 Å². The van der Waals surface area contributed by atoms with Crippen LogP contribution in [-0.2, 0) is 5.92 Å². The van der Waals surface area contributed by atoms with Crippen LogP contribution in [0.5, 0.6) is 0 Å². The maximum atomic E-state index is 13.0. The van der Waals surface area contributed by atoms with Crippen molar-refractivity contribution in [2.75, 3.05) is 0 Å². The van der Waals surface area contributed by atoms with Crippen LogP contribution in [-0.4, -0.2) is 4.98 Å². The predicted octanol–water partition coefficient (Wildman–Crippen LogP) is 3.32. The molecule has 0 fully saturated rings. The Morgan fingerprint density at radius 3 is 2.38 bits per heavy atom. The summed E-state index contributed by atoms with van der Waals surface area (Å²) in [6.45, 7) is 4.62. The second kappa shape index (κ2) is 3.40. The molecule has 13 heavy (non-hydrogen) atoms. The summed E-state index contributed by atoms with van der Waals surface area (Å²) in [6, 6.07) is 2.97. The molecule has 0 aliphatic rings. The monoisotopic (exact) mass is 185 g/mol. The molecule has 0 unspecified atom stereocenters. The van der Waals surface area contributed by atoms with Crippen LogP contribution in [0.1, 0.15) is 37.9 Å². The first kappa shape index (κ1) is 10.1. The summed E-state index contributed by atoms with van der Waals surface area (Å²) in [5.74, 6) is -2.77. The Labute approximate surface area is 76.8 Å². The maximum Gasteiger partial charge on any atom is 0.272 e. The van der Waals surface area contributed by atoms with Crippen molar-refractivity contribution >= 4 is 0 Å². The molecule has 0 radical (unpaired) electrons. The molecule has 0 amide bonds. The molecule has 0 aliphatic carbocycles. The van der Waals surface area contributed by atoms with Crippen molar-refractivity contribution in [3.8, 4) is 0 Å². The second-order valence-electron chi connectivity index (χ2n) is 3.48. The highest BCUT2D eigenvalue weighted by atomic mass is 19.3. The zero-order valence-corrected chi connectivity index (χ0v) is 8.01. The van der Waals surface area contributed by atoms with Crippen LogP contribution < -0.4 is 0 Å². The van der Waals surface area contributed by atoms with Gasteiger partial charge in [0.15, 0.2) is 0 Å². The first-order valence-corrected chi connectivity index (χ1v) is 4.26. The van der Waals surface area contributed by atoms with Crippen molar-refractivity contribution in [3.05, 3.63) is 29.6 Å². The van der Waals surface area contributed by atoms with Gasteiger partial charge in [0.25, 0.3) is 5.92 Å². The molecule has 0 spiro atoms. The highest BCUT2D eigenvalue weighted by Crippen LogP contribution is 2.31. The van der Waals surface area contributed by atoms with Gasteiger partial charge in [-0.15, -0.1) is 0 Å². The Kier molecular flexibility index (Phi) is 2.64. The van der Waals surface area contributed by atoms with E-state index < -0.39 is 5.92 Å². The number of halogens is 2. The smallest absolute Gasteiger partial charge is 0.261 e. The standard InChI is InChI=1S/C10H13F2N/c1-7(2)9-8(10(3,11)12)5-4-6-13-9/h4-7H,1-3H3. The maximum absolute atomic E-state index is 13.0. The van der Waals surface area contributed by atoms with Gasteiger partial charge in [0.1, 0.15) is 0 Å². The molecule has 1 aromatic rings. The molecule has 0 N–H and O–H groups in total. The van der Waals surface area contributed by atoms with E-state index in [4.69, 9.17) is 0 Å². The minimum absolute atomic E-state index is 0.0297. The summed E-state index contributed by atoms with van der Waals surface area (Å²) in [7, 11) is 0. The van der Waals surface area contributed by atoms with E-state index in [2.05, 4.69) is 4.98 Å². The third kappa shape index (κ3) is 2.23. The summed E-state index contributed by atoms with van der Waals surface area (Å²) in [5, 5.41) is 0. The van der Waals surface area contributed by atoms with Gasteiger partial charge >= 0.3 is 0 Å². The molecule has 0 bridgehead atoms. The fourth-order valence-corrected chi connectivity index (χ4v) is 1.25. The van der Waals surface area contributed by atoms with E-state index in [1.165, 1.54) is 6.07 Å². The SMILES string of the molecule is CC(C)c1ncccc1C(C)(F)F. The molecule has 0 saturated carbocycles. The van der Waals surface area contributed by atoms with E-state index in [-0.39, 0.29) is 11.5 Å². The van der Waals surface area contributed by atoms with Crippen LogP contribution in [0.25, 0.3) is 0 Å². The average Bonchev–Trinajstić information content (AvgIpc) is 2.03. The Morgan fingerprint density at radius 2 is 2.00 bits per heavy atom. The zero-order valence-electron chi connectivity index (χ0n) is 8.01. The van der Waals surface area contributed by atoms with E-state index in [1.54, 1.807) is 12.3 Å². The minimum Gasteiger partial charge on any atom is -0.261 e. The molecule has 0 atom stereocenters. The fourth-order valence-electron chi connectivity index (χ4n) is 1.25. The molecule has 1 rings (SSSR count). The Balaban J connectivity index is 3.20. The van der Waals surface area contributed by atoms with Gasteiger partial charge in [0.2, 0.25) is 0 Å². The minimum atomic E-state index is -2.80. The fraction of sp³-hybridized carbons (Fsp3) is 0.500. The van der Waals surface area contributed by atoms with Gasteiger partial charge in [0, 0.05) is 18.7 Å². The van der Waals surface area contributed by atoms with E-state index in [1.807, 2.05) is 13.8 Å². The van der Waals surface area contributed by atoms with Crippen LogP contribution >= 0.6 is 0 Å². The average molecular weight is 185 g/mol. The molecule has 3 heteroatoms. The van der Waals surface area contributed by atoms with Crippen LogP contribution in [0, 0.1) is 0 Å². The van der Waals surface area contributed by atoms with E-state index in [0.29, 0.717) is 5.69 Å². The summed E-state index contributed by atoms with van der Waals surface area (Å²) in [4.78, 5) is 3.96. The molecule has 1 nitrogen and oxygen atoms in total. The van der Waals surface area contributed by atoms with Crippen molar-refractivity contribution in [1.29, 1.82) is 0 Å². The van der Waals surface area contributed by atoms with Gasteiger partial charge in [-0.25, -0.2) is 8.78 Å². The normalized spacial score (nSPS) is 12.2. The van der Waals surface area contributed by atoms with Gasteiger partial charge in [-0.05, 0) is 18.1 Å². The lowest BCUT2D eigenvalue weighted by Gasteiger charge is -2.16. The molecular weight excluding hydrogens is 172 g/mol. The Morgan fingerprint density at radius 1 is 1.38 bits per heavy atom. The van der Waals surface area contributed by atoms with E-state index >= 15 is 0 Å². The summed E-state index contributed by atoms with van der Waals surface area (Å²) >= 11 is 0. The van der Waals surface area contributed by atoms with Gasteiger partial charge in [-0.1, -0.05) is 13.8 Å². The molecular formula is C10H13F2N. The molecule has 1 aromatic heterocycles. The number of aromatic nitrogens is 1. The topological polar surface area (TPSA) is 12.9 Å². The number of rotatable bonds is 2. The van der Waals surface area contributed by atoms with Crippen LogP contribution in [0.3, 0.4) is 0 Å². The summed E-state index contributed by atoms with van der Waals surface area (Å²) in [6.07, 6.45) is 1.55. The van der Waals surface area contributed by atoms with Crippen LogP contribution in [0.15, 0.2) is 18.3 Å². The van der Waals surface area contributed by atoms with Gasteiger partial charge < -0.3 is 0 Å². The second-order valence-corrected chi connectivity index (χ2v) is 3.48. The zero-order chi connectivity index (χ0) is 10.1. The Bertz CT molecular complexity index is 289.